The predicted molar refractivity (Wildman–Crippen MR) is 211 cm³/mol. The molecular weight excluding hydrogens is 613 g/mol. The Hall–Kier alpha value is -6.16. The van der Waals surface area contributed by atoms with Gasteiger partial charge in [0.15, 0.2) is 0 Å². The Morgan fingerprint density at radius 3 is 1.73 bits per heavy atom. The van der Waals surface area contributed by atoms with Gasteiger partial charge in [0.1, 0.15) is 0 Å². The highest BCUT2D eigenvalue weighted by molar-refractivity contribution is 7.26. The lowest BCUT2D eigenvalue weighted by atomic mass is 9.91. The number of para-hydroxylation sites is 1. The van der Waals surface area contributed by atoms with Crippen LogP contribution in [0.4, 0.5) is 0 Å². The maximum atomic E-state index is 5.43. The van der Waals surface area contributed by atoms with Crippen molar-refractivity contribution in [1.82, 2.24) is 9.97 Å². The number of fused-ring (bicyclic) bond motifs is 13. The zero-order chi connectivity index (χ0) is 32.1. The van der Waals surface area contributed by atoms with E-state index in [0.29, 0.717) is 0 Å². The summed E-state index contributed by atoms with van der Waals surface area (Å²) in [7, 11) is 0. The Kier molecular flexibility index (Phi) is 5.57. The number of thiophene rings is 1. The SMILES string of the molecule is c1cc(-c2c3ccc4ccccc4c3nc3c2ccc2ccccc23)cc(-c2nc3ccccc3c3ccc4c5ccccc5sc4c23)c1. The van der Waals surface area contributed by atoms with Crippen LogP contribution in [0.25, 0.3) is 108 Å². The van der Waals surface area contributed by atoms with Crippen molar-refractivity contribution in [2.75, 3.05) is 0 Å². The average molecular weight is 639 g/mol. The van der Waals surface area contributed by atoms with Gasteiger partial charge in [-0.15, -0.1) is 11.3 Å². The normalized spacial score (nSPS) is 12.1. The minimum Gasteiger partial charge on any atom is -0.247 e. The Morgan fingerprint density at radius 1 is 0.388 bits per heavy atom. The third-order valence-electron chi connectivity index (χ3n) is 10.2. The van der Waals surface area contributed by atoms with Crippen LogP contribution in [0, 0.1) is 0 Å². The molecule has 2 nitrogen and oxygen atoms in total. The third kappa shape index (κ3) is 3.88. The van der Waals surface area contributed by atoms with E-state index in [4.69, 9.17) is 9.97 Å². The Bertz CT molecular complexity index is 3080. The smallest absolute Gasteiger partial charge is 0.0802 e. The van der Waals surface area contributed by atoms with Crippen molar-refractivity contribution in [3.8, 4) is 22.4 Å². The molecule has 0 N–H and O–H groups in total. The molecule has 226 valence electrons. The van der Waals surface area contributed by atoms with Crippen molar-refractivity contribution in [2.45, 2.75) is 0 Å². The van der Waals surface area contributed by atoms with Crippen LogP contribution in [0.2, 0.25) is 0 Å². The van der Waals surface area contributed by atoms with Gasteiger partial charge in [0.25, 0.3) is 0 Å². The van der Waals surface area contributed by atoms with Gasteiger partial charge < -0.3 is 0 Å². The number of hydrogen-bond acceptors (Lipinski definition) is 3. The summed E-state index contributed by atoms with van der Waals surface area (Å²) < 4.78 is 2.59. The Morgan fingerprint density at radius 2 is 0.980 bits per heavy atom. The molecule has 0 saturated carbocycles. The summed E-state index contributed by atoms with van der Waals surface area (Å²) in [6.45, 7) is 0. The molecule has 0 radical (unpaired) electrons. The van der Waals surface area contributed by atoms with Crippen LogP contribution in [0.3, 0.4) is 0 Å². The molecule has 0 unspecified atom stereocenters. The van der Waals surface area contributed by atoms with Crippen molar-refractivity contribution in [1.29, 1.82) is 0 Å². The van der Waals surface area contributed by atoms with E-state index in [1.807, 2.05) is 11.3 Å². The van der Waals surface area contributed by atoms with E-state index in [9.17, 15) is 0 Å². The van der Waals surface area contributed by atoms with E-state index in [1.54, 1.807) is 0 Å². The molecule has 0 amide bonds. The molecule has 0 aliphatic rings. The van der Waals surface area contributed by atoms with Gasteiger partial charge in [-0.2, -0.15) is 0 Å². The fourth-order valence-electron chi connectivity index (χ4n) is 7.98. The van der Waals surface area contributed by atoms with E-state index in [-0.39, 0.29) is 0 Å². The molecule has 0 aliphatic heterocycles. The molecule has 11 rings (SSSR count). The molecule has 3 heteroatoms. The first-order valence-corrected chi connectivity index (χ1v) is 17.5. The maximum Gasteiger partial charge on any atom is 0.0802 e. The van der Waals surface area contributed by atoms with Crippen LogP contribution >= 0.6 is 11.3 Å². The minimum absolute atomic E-state index is 1.01. The van der Waals surface area contributed by atoms with E-state index in [2.05, 4.69) is 158 Å². The summed E-state index contributed by atoms with van der Waals surface area (Å²) in [5.74, 6) is 0. The minimum atomic E-state index is 1.01. The molecule has 0 aliphatic carbocycles. The van der Waals surface area contributed by atoms with E-state index in [0.717, 1.165) is 44.1 Å². The monoisotopic (exact) mass is 638 g/mol. The van der Waals surface area contributed by atoms with Gasteiger partial charge in [-0.05, 0) is 39.9 Å². The number of aromatic nitrogens is 2. The molecular formula is C46H26N2S. The van der Waals surface area contributed by atoms with Crippen LogP contribution in [0.1, 0.15) is 0 Å². The topological polar surface area (TPSA) is 25.8 Å². The van der Waals surface area contributed by atoms with Gasteiger partial charge in [-0.25, -0.2) is 9.97 Å². The molecule has 3 heterocycles. The standard InChI is InChI=1S/C46H26N2S/c1-3-14-31-27(10-1)20-22-37-41(38-23-21-28-11-2-4-15-32(28)45(38)48-44(31)37)29-12-9-13-30(26-29)43-42-35(33-16-5-7-18-39(33)47-43)24-25-36-34-17-6-8-19-40(34)49-46(36)42/h1-26H. The summed E-state index contributed by atoms with van der Waals surface area (Å²) in [5.41, 5.74) is 7.56. The molecule has 49 heavy (non-hydrogen) atoms. The van der Waals surface area contributed by atoms with Crippen LogP contribution < -0.4 is 0 Å². The summed E-state index contributed by atoms with van der Waals surface area (Å²) in [4.78, 5) is 10.8. The quantitative estimate of drug-likeness (QED) is 0.139. The van der Waals surface area contributed by atoms with Crippen LogP contribution in [-0.2, 0) is 0 Å². The van der Waals surface area contributed by atoms with Gasteiger partial charge in [0.2, 0.25) is 0 Å². The van der Waals surface area contributed by atoms with Gasteiger partial charge in [0.05, 0.1) is 22.2 Å². The second-order valence-corrected chi connectivity index (χ2v) is 13.9. The van der Waals surface area contributed by atoms with Gasteiger partial charge >= 0.3 is 0 Å². The first-order chi connectivity index (χ1) is 24.3. The van der Waals surface area contributed by atoms with E-state index >= 15 is 0 Å². The first-order valence-electron chi connectivity index (χ1n) is 16.7. The highest BCUT2D eigenvalue weighted by Crippen LogP contribution is 2.45. The van der Waals surface area contributed by atoms with Crippen molar-refractivity contribution >= 4 is 96.5 Å². The van der Waals surface area contributed by atoms with Gasteiger partial charge in [-0.1, -0.05) is 140 Å². The third-order valence-corrected chi connectivity index (χ3v) is 11.4. The Balaban J connectivity index is 1.26. The molecule has 0 spiro atoms. The van der Waals surface area contributed by atoms with Gasteiger partial charge in [0, 0.05) is 63.6 Å². The number of rotatable bonds is 2. The predicted octanol–water partition coefficient (Wildman–Crippen LogP) is 13.1. The summed E-state index contributed by atoms with van der Waals surface area (Å²) in [6.07, 6.45) is 0. The summed E-state index contributed by atoms with van der Waals surface area (Å²) >= 11 is 1.87. The number of benzene rings is 8. The second kappa shape index (κ2) is 10.2. The van der Waals surface area contributed by atoms with Crippen LogP contribution in [-0.4, -0.2) is 9.97 Å². The molecule has 11 aromatic rings. The van der Waals surface area contributed by atoms with E-state index < -0.39 is 0 Å². The molecule has 0 fully saturated rings. The summed E-state index contributed by atoms with van der Waals surface area (Å²) in [6, 6.07) is 57.0. The van der Waals surface area contributed by atoms with Gasteiger partial charge in [-0.3, -0.25) is 0 Å². The largest absolute Gasteiger partial charge is 0.247 e. The number of nitrogens with zero attached hydrogens (tertiary/aromatic N) is 2. The first kappa shape index (κ1) is 26.9. The maximum absolute atomic E-state index is 5.43. The van der Waals surface area contributed by atoms with Crippen molar-refractivity contribution < 1.29 is 0 Å². The fourth-order valence-corrected chi connectivity index (χ4v) is 9.23. The fraction of sp³-hybridized carbons (Fsp3) is 0. The molecule has 8 aromatic carbocycles. The lowest BCUT2D eigenvalue weighted by molar-refractivity contribution is 1.43. The second-order valence-electron chi connectivity index (χ2n) is 12.9. The average Bonchev–Trinajstić information content (AvgIpc) is 3.55. The number of hydrogen-bond donors (Lipinski definition) is 0. The Labute approximate surface area is 285 Å². The molecule has 0 bridgehead atoms. The van der Waals surface area contributed by atoms with Crippen molar-refractivity contribution in [2.24, 2.45) is 0 Å². The number of pyridine rings is 2. The lowest BCUT2D eigenvalue weighted by Crippen LogP contribution is -1.93. The zero-order valence-electron chi connectivity index (χ0n) is 26.3. The lowest BCUT2D eigenvalue weighted by Gasteiger charge is -2.16. The molecule has 0 saturated heterocycles. The highest BCUT2D eigenvalue weighted by Gasteiger charge is 2.19. The van der Waals surface area contributed by atoms with E-state index in [1.165, 1.54) is 63.4 Å². The molecule has 3 aromatic heterocycles. The summed E-state index contributed by atoms with van der Waals surface area (Å²) in [5, 5.41) is 13.3. The zero-order valence-corrected chi connectivity index (χ0v) is 27.1. The van der Waals surface area contributed by atoms with Crippen LogP contribution in [0.5, 0.6) is 0 Å². The van der Waals surface area contributed by atoms with Crippen molar-refractivity contribution in [3.63, 3.8) is 0 Å². The van der Waals surface area contributed by atoms with Crippen LogP contribution in [0.15, 0.2) is 158 Å². The van der Waals surface area contributed by atoms with Crippen molar-refractivity contribution in [3.05, 3.63) is 158 Å². The molecule has 0 atom stereocenters. The highest BCUT2D eigenvalue weighted by atomic mass is 32.1.